The van der Waals surface area contributed by atoms with Gasteiger partial charge in [0.1, 0.15) is 12.7 Å². The van der Waals surface area contributed by atoms with Gasteiger partial charge in [-0.15, -0.1) is 5.10 Å². The van der Waals surface area contributed by atoms with Crippen molar-refractivity contribution < 1.29 is 18.7 Å². The lowest BCUT2D eigenvalue weighted by molar-refractivity contribution is 0.0856. The predicted octanol–water partition coefficient (Wildman–Crippen LogP) is 2.08. The molecule has 2 aromatic carbocycles. The average molecular weight is 330 g/mol. The fourth-order valence-corrected chi connectivity index (χ4v) is 2.12. The first-order chi connectivity index (χ1) is 11.6. The minimum absolute atomic E-state index is 0.0361. The van der Waals surface area contributed by atoms with Crippen LogP contribution in [0.3, 0.4) is 0 Å². The summed E-state index contributed by atoms with van der Waals surface area (Å²) in [7, 11) is 0. The van der Waals surface area contributed by atoms with E-state index >= 15 is 0 Å². The zero-order valence-corrected chi connectivity index (χ0v) is 12.6. The van der Waals surface area contributed by atoms with E-state index in [9.17, 15) is 14.3 Å². The van der Waals surface area contributed by atoms with E-state index in [4.69, 9.17) is 9.15 Å². The summed E-state index contributed by atoms with van der Waals surface area (Å²) in [5, 5.41) is 14.0. The molecule has 7 heteroatoms. The van der Waals surface area contributed by atoms with Gasteiger partial charge in [0.25, 0.3) is 0 Å². The van der Waals surface area contributed by atoms with Gasteiger partial charge >= 0.3 is 5.76 Å². The Morgan fingerprint density at radius 1 is 1.17 bits per heavy atom. The second kappa shape index (κ2) is 7.10. The molecule has 0 aliphatic carbocycles. The van der Waals surface area contributed by atoms with Gasteiger partial charge in [0.15, 0.2) is 11.6 Å². The minimum atomic E-state index is -1.05. The van der Waals surface area contributed by atoms with Crippen molar-refractivity contribution >= 4 is 0 Å². The van der Waals surface area contributed by atoms with Gasteiger partial charge in [0.2, 0.25) is 5.89 Å². The highest BCUT2D eigenvalue weighted by molar-refractivity contribution is 5.51. The fourth-order valence-electron chi connectivity index (χ4n) is 2.12. The van der Waals surface area contributed by atoms with Crippen LogP contribution in [0.2, 0.25) is 0 Å². The van der Waals surface area contributed by atoms with Crippen LogP contribution in [-0.2, 0) is 6.54 Å². The molecule has 3 aromatic rings. The van der Waals surface area contributed by atoms with Crippen molar-refractivity contribution in [1.29, 1.82) is 0 Å². The van der Waals surface area contributed by atoms with E-state index in [1.807, 2.05) is 6.07 Å². The Hall–Kier alpha value is -2.93. The van der Waals surface area contributed by atoms with Gasteiger partial charge in [-0.25, -0.2) is 9.18 Å². The van der Waals surface area contributed by atoms with Crippen molar-refractivity contribution in [1.82, 2.24) is 9.78 Å². The molecule has 0 fully saturated rings. The summed E-state index contributed by atoms with van der Waals surface area (Å²) in [5.74, 6) is -0.995. The summed E-state index contributed by atoms with van der Waals surface area (Å²) in [6.07, 6.45) is -1.05. The number of para-hydroxylation sites is 1. The first-order valence-electron chi connectivity index (χ1n) is 7.32. The van der Waals surface area contributed by atoms with Crippen molar-refractivity contribution in [3.05, 3.63) is 71.0 Å². The lowest BCUT2D eigenvalue weighted by Gasteiger charge is -2.11. The Morgan fingerprint density at radius 2 is 1.88 bits per heavy atom. The maximum atomic E-state index is 13.4. The maximum absolute atomic E-state index is 13.4. The molecule has 1 aromatic heterocycles. The van der Waals surface area contributed by atoms with E-state index in [1.54, 1.807) is 36.4 Å². The first-order valence-corrected chi connectivity index (χ1v) is 7.32. The lowest BCUT2D eigenvalue weighted by atomic mass is 10.2. The van der Waals surface area contributed by atoms with E-state index in [1.165, 1.54) is 12.1 Å². The molecule has 0 amide bonds. The molecule has 0 spiro atoms. The summed E-state index contributed by atoms with van der Waals surface area (Å²) in [4.78, 5) is 11.8. The largest absolute Gasteiger partial charge is 0.488 e. The van der Waals surface area contributed by atoms with Crippen LogP contribution in [0, 0.1) is 5.82 Å². The van der Waals surface area contributed by atoms with Crippen molar-refractivity contribution in [3.8, 4) is 17.2 Å². The van der Waals surface area contributed by atoms with Gasteiger partial charge in [-0.3, -0.25) is 0 Å². The molecule has 24 heavy (non-hydrogen) atoms. The Morgan fingerprint density at radius 3 is 2.62 bits per heavy atom. The van der Waals surface area contributed by atoms with Gasteiger partial charge in [-0.05, 0) is 24.3 Å². The van der Waals surface area contributed by atoms with Crippen LogP contribution in [-0.4, -0.2) is 27.6 Å². The number of aliphatic hydroxyl groups excluding tert-OH is 1. The standard InChI is InChI=1S/C17H15FN2O4/c18-14-8-4-5-9-15(14)23-11-13(21)10-20-17(22)24-16(19-20)12-6-2-1-3-7-12/h1-9,13,21H,10-11H2/t13-/m1/s1. The quantitative estimate of drug-likeness (QED) is 0.749. The van der Waals surface area contributed by atoms with Crippen LogP contribution in [0.25, 0.3) is 11.5 Å². The third kappa shape index (κ3) is 3.69. The molecule has 124 valence electrons. The van der Waals surface area contributed by atoms with E-state index < -0.39 is 17.7 Å². The predicted molar refractivity (Wildman–Crippen MR) is 84.1 cm³/mol. The number of benzene rings is 2. The molecule has 0 aliphatic rings. The molecule has 3 rings (SSSR count). The normalized spacial score (nSPS) is 12.1. The van der Waals surface area contributed by atoms with Gasteiger partial charge in [0, 0.05) is 5.56 Å². The second-order valence-corrected chi connectivity index (χ2v) is 5.12. The number of halogens is 1. The molecular formula is C17H15FN2O4. The van der Waals surface area contributed by atoms with Gasteiger partial charge in [0.05, 0.1) is 6.54 Å². The van der Waals surface area contributed by atoms with Crippen LogP contribution >= 0.6 is 0 Å². The summed E-state index contributed by atoms with van der Waals surface area (Å²) >= 11 is 0. The van der Waals surface area contributed by atoms with Crippen molar-refractivity contribution in [2.24, 2.45) is 0 Å². The number of aromatic nitrogens is 2. The maximum Gasteiger partial charge on any atom is 0.437 e. The minimum Gasteiger partial charge on any atom is -0.488 e. The number of hydrogen-bond acceptors (Lipinski definition) is 5. The highest BCUT2D eigenvalue weighted by atomic mass is 19.1. The Labute approximate surface area is 136 Å². The topological polar surface area (TPSA) is 77.5 Å². The molecule has 1 N–H and O–H groups in total. The molecule has 6 nitrogen and oxygen atoms in total. The molecule has 0 saturated carbocycles. The summed E-state index contributed by atoms with van der Waals surface area (Å²) in [5.41, 5.74) is 0.658. The fraction of sp³-hybridized carbons (Fsp3) is 0.176. The summed E-state index contributed by atoms with van der Waals surface area (Å²) in [6.45, 7) is -0.301. The van der Waals surface area contributed by atoms with Gasteiger partial charge in [-0.1, -0.05) is 30.3 Å². The van der Waals surface area contributed by atoms with Gasteiger partial charge in [-0.2, -0.15) is 4.68 Å². The van der Waals surface area contributed by atoms with Crippen LogP contribution in [0.1, 0.15) is 0 Å². The van der Waals surface area contributed by atoms with E-state index in [0.717, 1.165) is 4.68 Å². The lowest BCUT2D eigenvalue weighted by Crippen LogP contribution is -2.29. The smallest absolute Gasteiger partial charge is 0.437 e. The van der Waals surface area contributed by atoms with Crippen molar-refractivity contribution in [2.45, 2.75) is 12.6 Å². The molecule has 0 radical (unpaired) electrons. The highest BCUT2D eigenvalue weighted by Gasteiger charge is 2.15. The summed E-state index contributed by atoms with van der Waals surface area (Å²) < 4.78 is 24.7. The molecule has 0 aliphatic heterocycles. The highest BCUT2D eigenvalue weighted by Crippen LogP contribution is 2.16. The van der Waals surface area contributed by atoms with Crippen LogP contribution in [0.15, 0.2) is 63.8 Å². The molecule has 1 heterocycles. The van der Waals surface area contributed by atoms with Crippen LogP contribution in [0.4, 0.5) is 4.39 Å². The van der Waals surface area contributed by atoms with Crippen molar-refractivity contribution in [2.75, 3.05) is 6.61 Å². The van der Waals surface area contributed by atoms with Gasteiger partial charge < -0.3 is 14.3 Å². The van der Waals surface area contributed by atoms with E-state index in [-0.39, 0.29) is 24.8 Å². The third-order valence-corrected chi connectivity index (χ3v) is 3.28. The zero-order chi connectivity index (χ0) is 16.9. The molecule has 0 bridgehead atoms. The zero-order valence-electron chi connectivity index (χ0n) is 12.6. The summed E-state index contributed by atoms with van der Waals surface area (Å²) in [6, 6.07) is 14.8. The SMILES string of the molecule is O=c1oc(-c2ccccc2)nn1C[C@@H](O)COc1ccccc1F. The first kappa shape index (κ1) is 15.9. The van der Waals surface area contributed by atoms with E-state index in [2.05, 4.69) is 5.10 Å². The molecule has 0 unspecified atom stereocenters. The van der Waals surface area contributed by atoms with Crippen LogP contribution < -0.4 is 10.5 Å². The second-order valence-electron chi connectivity index (χ2n) is 5.12. The number of rotatable bonds is 6. The third-order valence-electron chi connectivity index (χ3n) is 3.28. The monoisotopic (exact) mass is 330 g/mol. The Kier molecular flexibility index (Phi) is 4.72. The Balaban J connectivity index is 1.65. The molecular weight excluding hydrogens is 315 g/mol. The van der Waals surface area contributed by atoms with Crippen LogP contribution in [0.5, 0.6) is 5.75 Å². The van der Waals surface area contributed by atoms with Crippen molar-refractivity contribution in [3.63, 3.8) is 0 Å². The number of ether oxygens (including phenoxy) is 1. The Bertz CT molecular complexity index is 860. The average Bonchev–Trinajstić information content (AvgIpc) is 2.96. The molecule has 1 atom stereocenters. The number of hydrogen-bond donors (Lipinski definition) is 1. The number of aliphatic hydroxyl groups is 1. The van der Waals surface area contributed by atoms with E-state index in [0.29, 0.717) is 5.56 Å². The number of nitrogens with zero attached hydrogens (tertiary/aromatic N) is 2. The molecule has 0 saturated heterocycles.